The molecule has 0 radical (unpaired) electrons. The summed E-state index contributed by atoms with van der Waals surface area (Å²) in [5.74, 6) is -2.96. The average molecular weight is 271 g/mol. The van der Waals surface area contributed by atoms with Crippen molar-refractivity contribution < 1.29 is 24.1 Å². The lowest BCUT2D eigenvalue weighted by molar-refractivity contribution is -0.145. The molecule has 0 aliphatic heterocycles. The minimum atomic E-state index is -0.965. The van der Waals surface area contributed by atoms with E-state index in [-0.39, 0.29) is 12.0 Å². The smallest absolute Gasteiger partial charge is 0.323 e. The van der Waals surface area contributed by atoms with Crippen LogP contribution in [0.2, 0.25) is 0 Å². The lowest BCUT2D eigenvalue weighted by Crippen LogP contribution is -2.34. The van der Waals surface area contributed by atoms with Gasteiger partial charge in [-0.3, -0.25) is 4.79 Å². The van der Waals surface area contributed by atoms with Gasteiger partial charge in [-0.2, -0.15) is 0 Å². The Labute approximate surface area is 110 Å². The first-order chi connectivity index (χ1) is 8.97. The lowest BCUT2D eigenvalue weighted by atomic mass is 10.0. The third-order valence-corrected chi connectivity index (χ3v) is 2.67. The first-order valence-electron chi connectivity index (χ1n) is 6.08. The van der Waals surface area contributed by atoms with Crippen LogP contribution in [-0.2, 0) is 16.0 Å². The van der Waals surface area contributed by atoms with E-state index < -0.39 is 29.3 Å². The Hall–Kier alpha value is -1.82. The van der Waals surface area contributed by atoms with E-state index in [2.05, 4.69) is 0 Å². The molecule has 5 nitrogen and oxygen atoms in total. The highest BCUT2D eigenvalue weighted by Gasteiger charge is 2.19. The molecule has 0 unspecified atom stereocenters. The molecule has 0 heterocycles. The molecular weight excluding hydrogens is 253 g/mol. The molecule has 106 valence electrons. The number of phenolic OH excluding ortho intramolecular Hbond substituents is 2. The van der Waals surface area contributed by atoms with Crippen LogP contribution in [0.3, 0.4) is 0 Å². The summed E-state index contributed by atoms with van der Waals surface area (Å²) in [5, 5.41) is 18.8. The summed E-state index contributed by atoms with van der Waals surface area (Å²) in [6.45, 7) is 2.26. The lowest BCUT2D eigenvalue weighted by Gasteiger charge is -2.13. The second kappa shape index (κ2) is 6.94. The largest absolute Gasteiger partial charge is 0.504 e. The molecule has 0 spiro atoms. The van der Waals surface area contributed by atoms with Crippen LogP contribution in [-0.4, -0.2) is 28.8 Å². The first-order valence-corrected chi connectivity index (χ1v) is 6.08. The van der Waals surface area contributed by atoms with Crippen LogP contribution in [0.1, 0.15) is 25.3 Å². The van der Waals surface area contributed by atoms with Crippen molar-refractivity contribution in [2.75, 3.05) is 6.61 Å². The number of aromatic hydroxyl groups is 2. The maximum absolute atomic E-state index is 12.9. The fourth-order valence-electron chi connectivity index (χ4n) is 1.51. The highest BCUT2D eigenvalue weighted by molar-refractivity contribution is 5.76. The molecule has 0 amide bonds. The predicted molar refractivity (Wildman–Crippen MR) is 67.3 cm³/mol. The van der Waals surface area contributed by atoms with Crippen molar-refractivity contribution in [2.45, 2.75) is 32.2 Å². The molecular formula is C13H18FNO4. The van der Waals surface area contributed by atoms with Crippen molar-refractivity contribution in [1.29, 1.82) is 0 Å². The van der Waals surface area contributed by atoms with Gasteiger partial charge in [-0.1, -0.05) is 19.4 Å². The van der Waals surface area contributed by atoms with Gasteiger partial charge in [0.15, 0.2) is 17.3 Å². The van der Waals surface area contributed by atoms with Crippen molar-refractivity contribution in [2.24, 2.45) is 5.73 Å². The molecule has 0 saturated heterocycles. The molecule has 19 heavy (non-hydrogen) atoms. The van der Waals surface area contributed by atoms with Gasteiger partial charge in [-0.05, 0) is 12.5 Å². The van der Waals surface area contributed by atoms with Crippen molar-refractivity contribution in [3.63, 3.8) is 0 Å². The van der Waals surface area contributed by atoms with Crippen LogP contribution < -0.4 is 5.73 Å². The third kappa shape index (κ3) is 4.10. The molecule has 1 aromatic carbocycles. The SMILES string of the molecule is CCCCOC(=O)[C@@H](N)Cc1ccc(F)c(O)c1O. The molecule has 0 bridgehead atoms. The Kier molecular flexibility index (Phi) is 5.57. The molecule has 1 rings (SSSR count). The molecule has 0 saturated carbocycles. The molecule has 1 atom stereocenters. The number of carbonyl (C=O) groups excluding carboxylic acids is 1. The van der Waals surface area contributed by atoms with E-state index in [1.165, 1.54) is 6.07 Å². The van der Waals surface area contributed by atoms with Crippen LogP contribution in [0.15, 0.2) is 12.1 Å². The number of benzene rings is 1. The van der Waals surface area contributed by atoms with Crippen LogP contribution >= 0.6 is 0 Å². The number of phenols is 2. The van der Waals surface area contributed by atoms with E-state index in [0.29, 0.717) is 6.61 Å². The number of nitrogens with two attached hydrogens (primary N) is 1. The van der Waals surface area contributed by atoms with E-state index in [9.17, 15) is 19.4 Å². The summed E-state index contributed by atoms with van der Waals surface area (Å²) >= 11 is 0. The van der Waals surface area contributed by atoms with Gasteiger partial charge in [0.2, 0.25) is 0 Å². The van der Waals surface area contributed by atoms with E-state index in [1.54, 1.807) is 0 Å². The van der Waals surface area contributed by atoms with Gasteiger partial charge >= 0.3 is 5.97 Å². The van der Waals surface area contributed by atoms with Crippen LogP contribution in [0, 0.1) is 5.82 Å². The van der Waals surface area contributed by atoms with E-state index >= 15 is 0 Å². The molecule has 1 aromatic rings. The summed E-state index contributed by atoms with van der Waals surface area (Å²) in [5.41, 5.74) is 5.82. The molecule has 0 aliphatic carbocycles. The monoisotopic (exact) mass is 271 g/mol. The highest BCUT2D eigenvalue weighted by Crippen LogP contribution is 2.32. The van der Waals surface area contributed by atoms with Gasteiger partial charge in [-0.25, -0.2) is 4.39 Å². The summed E-state index contributed by atoms with van der Waals surface area (Å²) in [6.07, 6.45) is 1.61. The number of esters is 1. The minimum Gasteiger partial charge on any atom is -0.504 e. The quantitative estimate of drug-likeness (QED) is 0.413. The number of hydrogen-bond acceptors (Lipinski definition) is 5. The number of halogens is 1. The van der Waals surface area contributed by atoms with Gasteiger partial charge < -0.3 is 20.7 Å². The molecule has 6 heteroatoms. The van der Waals surface area contributed by atoms with Gasteiger partial charge in [0.1, 0.15) is 6.04 Å². The summed E-state index contributed by atoms with van der Waals surface area (Å²) in [7, 11) is 0. The standard InChI is InChI=1S/C13H18FNO4/c1-2-3-6-19-13(18)10(15)7-8-4-5-9(14)12(17)11(8)16/h4-5,10,16-17H,2-3,6-7,15H2,1H3/t10-/m0/s1. The zero-order chi connectivity index (χ0) is 14.4. The summed E-state index contributed by atoms with van der Waals surface area (Å²) in [6, 6.07) is 1.30. The second-order valence-electron chi connectivity index (χ2n) is 4.24. The number of rotatable bonds is 6. The van der Waals surface area contributed by atoms with Crippen molar-refractivity contribution in [3.05, 3.63) is 23.5 Å². The Morgan fingerprint density at radius 1 is 1.42 bits per heavy atom. The number of hydrogen-bond donors (Lipinski definition) is 3. The van der Waals surface area contributed by atoms with Gasteiger partial charge in [0.05, 0.1) is 6.61 Å². The van der Waals surface area contributed by atoms with Gasteiger partial charge in [0.25, 0.3) is 0 Å². The van der Waals surface area contributed by atoms with Crippen molar-refractivity contribution >= 4 is 5.97 Å². The maximum Gasteiger partial charge on any atom is 0.323 e. The highest BCUT2D eigenvalue weighted by atomic mass is 19.1. The Balaban J connectivity index is 2.64. The zero-order valence-electron chi connectivity index (χ0n) is 10.7. The van der Waals surface area contributed by atoms with E-state index in [4.69, 9.17) is 10.5 Å². The minimum absolute atomic E-state index is 0.0371. The second-order valence-corrected chi connectivity index (χ2v) is 4.24. The normalized spacial score (nSPS) is 12.2. The zero-order valence-corrected chi connectivity index (χ0v) is 10.7. The average Bonchev–Trinajstić information content (AvgIpc) is 2.39. The van der Waals surface area contributed by atoms with Gasteiger partial charge in [-0.15, -0.1) is 0 Å². The molecule has 0 aromatic heterocycles. The fraction of sp³-hybridized carbons (Fsp3) is 0.462. The first kappa shape index (κ1) is 15.2. The van der Waals surface area contributed by atoms with E-state index in [1.807, 2.05) is 6.92 Å². The van der Waals surface area contributed by atoms with Crippen LogP contribution in [0.25, 0.3) is 0 Å². The Morgan fingerprint density at radius 3 is 2.74 bits per heavy atom. The number of carbonyl (C=O) groups is 1. The topological polar surface area (TPSA) is 92.8 Å². The molecule has 0 fully saturated rings. The summed E-state index contributed by atoms with van der Waals surface area (Å²) < 4.78 is 17.9. The Bertz CT molecular complexity index is 451. The Morgan fingerprint density at radius 2 is 2.11 bits per heavy atom. The number of unbranched alkanes of at least 4 members (excludes halogenated alkanes) is 1. The number of ether oxygens (including phenoxy) is 1. The maximum atomic E-state index is 12.9. The molecule has 0 aliphatic rings. The van der Waals surface area contributed by atoms with Crippen molar-refractivity contribution in [3.8, 4) is 11.5 Å². The molecule has 4 N–H and O–H groups in total. The van der Waals surface area contributed by atoms with Gasteiger partial charge in [0, 0.05) is 12.0 Å². The third-order valence-electron chi connectivity index (χ3n) is 2.67. The fourth-order valence-corrected chi connectivity index (χ4v) is 1.51. The van der Waals surface area contributed by atoms with E-state index in [0.717, 1.165) is 18.9 Å². The predicted octanol–water partition coefficient (Wildman–Crippen LogP) is 1.45. The van der Waals surface area contributed by atoms with Crippen molar-refractivity contribution in [1.82, 2.24) is 0 Å². The van der Waals surface area contributed by atoms with Crippen LogP contribution in [0.5, 0.6) is 11.5 Å². The summed E-state index contributed by atoms with van der Waals surface area (Å²) in [4.78, 5) is 11.5. The van der Waals surface area contributed by atoms with Crippen LogP contribution in [0.4, 0.5) is 4.39 Å².